The molecule has 0 aliphatic rings. The van der Waals surface area contributed by atoms with E-state index in [4.69, 9.17) is 15.2 Å². The van der Waals surface area contributed by atoms with Gasteiger partial charge < -0.3 is 15.2 Å². The third-order valence-electron chi connectivity index (χ3n) is 2.54. The molecule has 0 aliphatic heterocycles. The molecule has 0 aromatic heterocycles. The van der Waals surface area contributed by atoms with Crippen LogP contribution in [-0.2, 0) is 4.74 Å². The van der Waals surface area contributed by atoms with Crippen LogP contribution in [0.15, 0.2) is 24.3 Å². The zero-order valence-electron chi connectivity index (χ0n) is 11.0. The molecule has 3 heteroatoms. The highest BCUT2D eigenvalue weighted by atomic mass is 16.5. The smallest absolute Gasteiger partial charge is 0.119 e. The molecule has 17 heavy (non-hydrogen) atoms. The number of hydrogen-bond acceptors (Lipinski definition) is 3. The van der Waals surface area contributed by atoms with E-state index in [0.29, 0.717) is 0 Å². The summed E-state index contributed by atoms with van der Waals surface area (Å²) in [4.78, 5) is 0. The van der Waals surface area contributed by atoms with Crippen molar-refractivity contribution in [2.45, 2.75) is 38.8 Å². The van der Waals surface area contributed by atoms with E-state index in [9.17, 15) is 0 Å². The van der Waals surface area contributed by atoms with Gasteiger partial charge in [-0.2, -0.15) is 0 Å². The number of hydrogen-bond donors (Lipinski definition) is 1. The van der Waals surface area contributed by atoms with Crippen LogP contribution in [0.5, 0.6) is 5.75 Å². The highest BCUT2D eigenvalue weighted by Crippen LogP contribution is 2.20. The Labute approximate surface area is 104 Å². The van der Waals surface area contributed by atoms with E-state index >= 15 is 0 Å². The third-order valence-corrected chi connectivity index (χ3v) is 2.54. The van der Waals surface area contributed by atoms with E-state index in [1.807, 2.05) is 38.1 Å². The Kier molecular flexibility index (Phi) is 6.01. The monoisotopic (exact) mass is 237 g/mol. The first kappa shape index (κ1) is 14.0. The van der Waals surface area contributed by atoms with Crippen molar-refractivity contribution in [3.8, 4) is 5.75 Å². The quantitative estimate of drug-likeness (QED) is 0.742. The first-order chi connectivity index (χ1) is 8.13. The third kappa shape index (κ3) is 5.20. The van der Waals surface area contributed by atoms with Crippen LogP contribution >= 0.6 is 0 Å². The van der Waals surface area contributed by atoms with Crippen molar-refractivity contribution in [1.82, 2.24) is 0 Å². The van der Waals surface area contributed by atoms with E-state index in [1.54, 1.807) is 7.11 Å². The lowest BCUT2D eigenvalue weighted by Gasteiger charge is -2.14. The van der Waals surface area contributed by atoms with Crippen molar-refractivity contribution in [1.29, 1.82) is 0 Å². The summed E-state index contributed by atoms with van der Waals surface area (Å²) < 4.78 is 10.6. The Hall–Kier alpha value is -1.06. The molecule has 96 valence electrons. The number of nitrogens with two attached hydrogens (primary N) is 1. The van der Waals surface area contributed by atoms with Gasteiger partial charge in [0.1, 0.15) is 5.75 Å². The molecule has 0 bridgehead atoms. The van der Waals surface area contributed by atoms with Crippen LogP contribution in [0, 0.1) is 0 Å². The van der Waals surface area contributed by atoms with Crippen LogP contribution < -0.4 is 10.5 Å². The van der Waals surface area contributed by atoms with Gasteiger partial charge in [0.15, 0.2) is 0 Å². The maximum Gasteiger partial charge on any atom is 0.119 e. The highest BCUT2D eigenvalue weighted by Gasteiger charge is 2.06. The predicted molar refractivity (Wildman–Crippen MR) is 70.2 cm³/mol. The molecular weight excluding hydrogens is 214 g/mol. The van der Waals surface area contributed by atoms with E-state index < -0.39 is 0 Å². The molecule has 0 saturated carbocycles. The standard InChI is InChI=1S/C14H23NO2/c1-11(2)17-13-8-6-12(7-9-13)14(15)5-4-10-16-3/h6-9,11,14H,4-5,10,15H2,1-3H3. The number of ether oxygens (including phenoxy) is 2. The van der Waals surface area contributed by atoms with Crippen molar-refractivity contribution in [3.63, 3.8) is 0 Å². The lowest BCUT2D eigenvalue weighted by Crippen LogP contribution is -2.11. The fraction of sp³-hybridized carbons (Fsp3) is 0.571. The molecule has 3 nitrogen and oxygen atoms in total. The SMILES string of the molecule is COCCCC(N)c1ccc(OC(C)C)cc1. The predicted octanol–water partition coefficient (Wildman–Crippen LogP) is 2.90. The molecule has 0 spiro atoms. The molecule has 1 atom stereocenters. The first-order valence-corrected chi connectivity index (χ1v) is 6.14. The highest BCUT2D eigenvalue weighted by molar-refractivity contribution is 5.29. The van der Waals surface area contributed by atoms with Gasteiger partial charge in [-0.15, -0.1) is 0 Å². The lowest BCUT2D eigenvalue weighted by molar-refractivity contribution is 0.190. The number of methoxy groups -OCH3 is 1. The van der Waals surface area contributed by atoms with Crippen molar-refractivity contribution >= 4 is 0 Å². The molecule has 1 unspecified atom stereocenters. The summed E-state index contributed by atoms with van der Waals surface area (Å²) in [5.41, 5.74) is 7.24. The fourth-order valence-electron chi connectivity index (χ4n) is 1.68. The number of rotatable bonds is 7. The van der Waals surface area contributed by atoms with Crippen LogP contribution in [0.3, 0.4) is 0 Å². The van der Waals surface area contributed by atoms with Crippen molar-refractivity contribution in [2.75, 3.05) is 13.7 Å². The molecule has 1 aromatic rings. The Balaban J connectivity index is 2.48. The summed E-state index contributed by atoms with van der Waals surface area (Å²) in [5.74, 6) is 0.896. The largest absolute Gasteiger partial charge is 0.491 e. The molecule has 0 saturated heterocycles. The van der Waals surface area contributed by atoms with Gasteiger partial charge in [0, 0.05) is 19.8 Å². The summed E-state index contributed by atoms with van der Waals surface area (Å²) in [6, 6.07) is 8.11. The van der Waals surface area contributed by atoms with E-state index in [0.717, 1.165) is 30.8 Å². The van der Waals surface area contributed by atoms with Gasteiger partial charge in [0.2, 0.25) is 0 Å². The lowest BCUT2D eigenvalue weighted by atomic mass is 10.0. The summed E-state index contributed by atoms with van der Waals surface area (Å²) in [5, 5.41) is 0. The maximum atomic E-state index is 6.09. The van der Waals surface area contributed by atoms with Gasteiger partial charge in [-0.3, -0.25) is 0 Å². The van der Waals surface area contributed by atoms with Crippen LogP contribution in [0.4, 0.5) is 0 Å². The molecule has 0 fully saturated rings. The van der Waals surface area contributed by atoms with Gasteiger partial charge in [0.25, 0.3) is 0 Å². The Morgan fingerprint density at radius 3 is 2.35 bits per heavy atom. The molecular formula is C14H23NO2. The molecule has 0 radical (unpaired) electrons. The Bertz CT molecular complexity index is 309. The zero-order chi connectivity index (χ0) is 12.7. The zero-order valence-corrected chi connectivity index (χ0v) is 11.0. The van der Waals surface area contributed by atoms with E-state index in [-0.39, 0.29) is 12.1 Å². The van der Waals surface area contributed by atoms with E-state index in [1.165, 1.54) is 0 Å². The van der Waals surface area contributed by atoms with Crippen LogP contribution in [0.2, 0.25) is 0 Å². The second-order valence-electron chi connectivity index (χ2n) is 4.48. The van der Waals surface area contributed by atoms with Crippen molar-refractivity contribution < 1.29 is 9.47 Å². The molecule has 0 aliphatic carbocycles. The minimum absolute atomic E-state index is 0.0817. The minimum Gasteiger partial charge on any atom is -0.491 e. The molecule has 1 aromatic carbocycles. The normalized spacial score (nSPS) is 12.8. The second-order valence-corrected chi connectivity index (χ2v) is 4.48. The average Bonchev–Trinajstić information content (AvgIpc) is 2.29. The Morgan fingerprint density at radius 1 is 1.18 bits per heavy atom. The molecule has 1 rings (SSSR count). The van der Waals surface area contributed by atoms with E-state index in [2.05, 4.69) is 0 Å². The van der Waals surface area contributed by atoms with Crippen LogP contribution in [0.25, 0.3) is 0 Å². The van der Waals surface area contributed by atoms with Gasteiger partial charge in [-0.25, -0.2) is 0 Å². The van der Waals surface area contributed by atoms with Gasteiger partial charge >= 0.3 is 0 Å². The van der Waals surface area contributed by atoms with Crippen molar-refractivity contribution in [2.24, 2.45) is 5.73 Å². The van der Waals surface area contributed by atoms with Gasteiger partial charge in [-0.1, -0.05) is 12.1 Å². The van der Waals surface area contributed by atoms with Crippen molar-refractivity contribution in [3.05, 3.63) is 29.8 Å². The topological polar surface area (TPSA) is 44.5 Å². The average molecular weight is 237 g/mol. The Morgan fingerprint density at radius 2 is 1.82 bits per heavy atom. The number of benzene rings is 1. The summed E-state index contributed by atoms with van der Waals surface area (Å²) in [6.07, 6.45) is 2.14. The van der Waals surface area contributed by atoms with Gasteiger partial charge in [-0.05, 0) is 44.4 Å². The fourth-order valence-corrected chi connectivity index (χ4v) is 1.68. The molecule has 2 N–H and O–H groups in total. The van der Waals surface area contributed by atoms with Gasteiger partial charge in [0.05, 0.1) is 6.10 Å². The summed E-state index contributed by atoms with van der Waals surface area (Å²) in [7, 11) is 1.71. The summed E-state index contributed by atoms with van der Waals surface area (Å²) in [6.45, 7) is 4.80. The van der Waals surface area contributed by atoms with Crippen LogP contribution in [0.1, 0.15) is 38.3 Å². The second kappa shape index (κ2) is 7.30. The molecule has 0 amide bonds. The first-order valence-electron chi connectivity index (χ1n) is 6.14. The minimum atomic E-state index is 0.0817. The summed E-state index contributed by atoms with van der Waals surface area (Å²) >= 11 is 0. The van der Waals surface area contributed by atoms with Crippen LogP contribution in [-0.4, -0.2) is 19.8 Å². The maximum absolute atomic E-state index is 6.09. The molecule has 0 heterocycles.